The zero-order chi connectivity index (χ0) is 17.0. The molecule has 1 unspecified atom stereocenters. The third-order valence-corrected chi connectivity index (χ3v) is 2.78. The van der Waals surface area contributed by atoms with Gasteiger partial charge in [0.05, 0.1) is 12.7 Å². The van der Waals surface area contributed by atoms with E-state index in [9.17, 15) is 4.79 Å². The number of hydrogen-bond acceptors (Lipinski definition) is 8. The number of esters is 1. The molecule has 23 heavy (non-hydrogen) atoms. The van der Waals surface area contributed by atoms with Gasteiger partial charge in [0.2, 0.25) is 6.39 Å². The fourth-order valence-corrected chi connectivity index (χ4v) is 1.90. The van der Waals surface area contributed by atoms with E-state index in [4.69, 9.17) is 19.3 Å². The van der Waals surface area contributed by atoms with Crippen LogP contribution in [0.3, 0.4) is 0 Å². The van der Waals surface area contributed by atoms with Gasteiger partial charge in [-0.2, -0.15) is 10.2 Å². The van der Waals surface area contributed by atoms with Crippen LogP contribution in [-0.2, 0) is 9.53 Å². The highest BCUT2D eigenvalue weighted by Gasteiger charge is 2.35. The average molecular weight is 316 g/mol. The van der Waals surface area contributed by atoms with Crippen molar-refractivity contribution < 1.29 is 18.8 Å². The summed E-state index contributed by atoms with van der Waals surface area (Å²) in [5.41, 5.74) is -0.136. The lowest BCUT2D eigenvalue weighted by Crippen LogP contribution is -2.29. The molecule has 0 aliphatic heterocycles. The van der Waals surface area contributed by atoms with Gasteiger partial charge in [-0.05, 0) is 20.8 Å². The van der Waals surface area contributed by atoms with Gasteiger partial charge in [0.1, 0.15) is 23.1 Å². The molecule has 1 atom stereocenters. The Morgan fingerprint density at radius 2 is 2.13 bits per heavy atom. The van der Waals surface area contributed by atoms with Crippen molar-refractivity contribution in [1.29, 1.82) is 5.26 Å². The normalized spacial score (nSPS) is 12.3. The van der Waals surface area contributed by atoms with E-state index in [0.717, 1.165) is 6.39 Å². The summed E-state index contributed by atoms with van der Waals surface area (Å²) in [6, 6.07) is 3.45. The van der Waals surface area contributed by atoms with E-state index in [-0.39, 0.29) is 17.3 Å². The van der Waals surface area contributed by atoms with Crippen LogP contribution in [0.4, 0.5) is 0 Å². The zero-order valence-corrected chi connectivity index (χ0v) is 13.2. The van der Waals surface area contributed by atoms with Crippen molar-refractivity contribution in [2.75, 3.05) is 7.11 Å². The van der Waals surface area contributed by atoms with Crippen molar-refractivity contribution in [3.8, 4) is 11.8 Å². The molecule has 0 radical (unpaired) electrons. The number of nitrogens with zero attached hydrogens (tertiary/aromatic N) is 4. The fraction of sp³-hybridized carbons (Fsp3) is 0.400. The maximum Gasteiger partial charge on any atom is 0.323 e. The molecule has 0 aromatic carbocycles. The lowest BCUT2D eigenvalue weighted by atomic mass is 10.0. The third-order valence-electron chi connectivity index (χ3n) is 2.78. The smallest absolute Gasteiger partial charge is 0.323 e. The summed E-state index contributed by atoms with van der Waals surface area (Å²) in [7, 11) is 1.42. The van der Waals surface area contributed by atoms with E-state index in [2.05, 4.69) is 15.1 Å². The quantitative estimate of drug-likeness (QED) is 0.785. The fourth-order valence-electron chi connectivity index (χ4n) is 1.90. The first-order valence-electron chi connectivity index (χ1n) is 6.79. The van der Waals surface area contributed by atoms with Gasteiger partial charge < -0.3 is 14.0 Å². The predicted octanol–water partition coefficient (Wildman–Crippen LogP) is 1.82. The minimum absolute atomic E-state index is 0.106. The number of carbonyl (C=O) groups is 1. The number of aromatic nitrogens is 3. The summed E-state index contributed by atoms with van der Waals surface area (Å²) in [5, 5.41) is 12.7. The molecule has 2 rings (SSSR count). The van der Waals surface area contributed by atoms with E-state index in [0.29, 0.717) is 5.56 Å². The molecule has 0 N–H and O–H groups in total. The summed E-state index contributed by atoms with van der Waals surface area (Å²) in [4.78, 5) is 20.7. The molecule has 0 fully saturated rings. The van der Waals surface area contributed by atoms with Crippen LogP contribution >= 0.6 is 0 Å². The van der Waals surface area contributed by atoms with E-state index >= 15 is 0 Å². The highest BCUT2D eigenvalue weighted by molar-refractivity contribution is 5.81. The summed E-state index contributed by atoms with van der Waals surface area (Å²) >= 11 is 0. The number of hydrogen-bond donors (Lipinski definition) is 0. The molecule has 0 amide bonds. The van der Waals surface area contributed by atoms with Crippen molar-refractivity contribution in [3.05, 3.63) is 35.7 Å². The second-order valence-electron chi connectivity index (χ2n) is 5.68. The number of carbonyl (C=O) groups excluding carboxylic acids is 1. The maximum absolute atomic E-state index is 12.6. The molecule has 0 saturated heterocycles. The standard InChI is InChI=1S/C15H16N4O4/c1-15(2,3)23-14(20)11(13-18-8-22-19-13)12-10(21-4)5-9(6-16)7-17-12/h5,7-8,11H,1-4H3. The maximum atomic E-state index is 12.6. The molecule has 120 valence electrons. The predicted molar refractivity (Wildman–Crippen MR) is 77.5 cm³/mol. The Labute approximate surface area is 133 Å². The van der Waals surface area contributed by atoms with E-state index < -0.39 is 17.5 Å². The van der Waals surface area contributed by atoms with Crippen LogP contribution in [0.5, 0.6) is 5.75 Å². The molecule has 0 saturated carbocycles. The van der Waals surface area contributed by atoms with Crippen molar-refractivity contribution in [3.63, 3.8) is 0 Å². The monoisotopic (exact) mass is 316 g/mol. The molecular weight excluding hydrogens is 300 g/mol. The van der Waals surface area contributed by atoms with Gasteiger partial charge in [-0.3, -0.25) is 9.78 Å². The van der Waals surface area contributed by atoms with Crippen LogP contribution in [0.2, 0.25) is 0 Å². The van der Waals surface area contributed by atoms with Gasteiger partial charge in [0, 0.05) is 12.3 Å². The van der Waals surface area contributed by atoms with Gasteiger partial charge in [-0.15, -0.1) is 0 Å². The van der Waals surface area contributed by atoms with Crippen LogP contribution in [-0.4, -0.2) is 33.8 Å². The highest BCUT2D eigenvalue weighted by atomic mass is 16.6. The summed E-state index contributed by atoms with van der Waals surface area (Å²) < 4.78 is 15.4. The molecule has 0 bridgehead atoms. The molecule has 2 aromatic heterocycles. The molecule has 8 nitrogen and oxygen atoms in total. The van der Waals surface area contributed by atoms with Gasteiger partial charge in [0.25, 0.3) is 0 Å². The van der Waals surface area contributed by atoms with Crippen molar-refractivity contribution in [1.82, 2.24) is 15.1 Å². The highest BCUT2D eigenvalue weighted by Crippen LogP contribution is 2.31. The van der Waals surface area contributed by atoms with Crippen LogP contribution in [0.25, 0.3) is 0 Å². The molecule has 0 aliphatic carbocycles. The van der Waals surface area contributed by atoms with E-state index in [1.165, 1.54) is 19.4 Å². The van der Waals surface area contributed by atoms with Crippen LogP contribution in [0, 0.1) is 11.3 Å². The van der Waals surface area contributed by atoms with E-state index in [1.54, 1.807) is 20.8 Å². The minimum atomic E-state index is -1.02. The van der Waals surface area contributed by atoms with Crippen molar-refractivity contribution >= 4 is 5.97 Å². The molecular formula is C15H16N4O4. The zero-order valence-electron chi connectivity index (χ0n) is 13.2. The van der Waals surface area contributed by atoms with Crippen LogP contribution < -0.4 is 4.74 Å². The SMILES string of the molecule is COc1cc(C#N)cnc1C(C(=O)OC(C)(C)C)c1ncon1. The second-order valence-corrected chi connectivity index (χ2v) is 5.68. The topological polar surface area (TPSA) is 111 Å². The van der Waals surface area contributed by atoms with Gasteiger partial charge >= 0.3 is 5.97 Å². The van der Waals surface area contributed by atoms with Gasteiger partial charge in [-0.1, -0.05) is 5.16 Å². The van der Waals surface area contributed by atoms with Crippen LogP contribution in [0.15, 0.2) is 23.2 Å². The Morgan fingerprint density at radius 1 is 1.39 bits per heavy atom. The molecule has 2 aromatic rings. The summed E-state index contributed by atoms with van der Waals surface area (Å²) in [6.07, 6.45) is 2.46. The number of nitriles is 1. The first-order valence-corrected chi connectivity index (χ1v) is 6.79. The Kier molecular flexibility index (Phi) is 4.60. The van der Waals surface area contributed by atoms with E-state index in [1.807, 2.05) is 6.07 Å². The first-order chi connectivity index (χ1) is 10.9. The number of methoxy groups -OCH3 is 1. The third kappa shape index (κ3) is 3.83. The second kappa shape index (κ2) is 6.44. The first kappa shape index (κ1) is 16.4. The lowest BCUT2D eigenvalue weighted by Gasteiger charge is -2.23. The van der Waals surface area contributed by atoms with Gasteiger partial charge in [0.15, 0.2) is 11.7 Å². The molecule has 0 aliphatic rings. The number of rotatable bonds is 4. The Bertz CT molecular complexity index is 729. The molecule has 2 heterocycles. The van der Waals surface area contributed by atoms with Crippen molar-refractivity contribution in [2.24, 2.45) is 0 Å². The Hall–Kier alpha value is -2.95. The number of ether oxygens (including phenoxy) is 2. The average Bonchev–Trinajstić information content (AvgIpc) is 2.99. The summed E-state index contributed by atoms with van der Waals surface area (Å²) in [6.45, 7) is 5.25. The van der Waals surface area contributed by atoms with Crippen LogP contribution in [0.1, 0.15) is 43.8 Å². The minimum Gasteiger partial charge on any atom is -0.495 e. The largest absolute Gasteiger partial charge is 0.495 e. The Morgan fingerprint density at radius 3 is 2.65 bits per heavy atom. The number of pyridine rings is 1. The summed E-state index contributed by atoms with van der Waals surface area (Å²) in [5.74, 6) is -1.23. The van der Waals surface area contributed by atoms with Gasteiger partial charge in [-0.25, -0.2) is 0 Å². The Balaban J connectivity index is 2.51. The lowest BCUT2D eigenvalue weighted by molar-refractivity contribution is -0.155. The molecule has 8 heteroatoms. The molecule has 0 spiro atoms. The van der Waals surface area contributed by atoms with Crippen molar-refractivity contribution in [2.45, 2.75) is 32.3 Å².